The molecule has 1 aromatic carbocycles. The van der Waals surface area contributed by atoms with Gasteiger partial charge >= 0.3 is 0 Å². The molecule has 1 heterocycles. The van der Waals surface area contributed by atoms with Crippen molar-refractivity contribution in [2.24, 2.45) is 0 Å². The minimum absolute atomic E-state index is 0.223. The summed E-state index contributed by atoms with van der Waals surface area (Å²) in [6.45, 7) is 4.16. The zero-order chi connectivity index (χ0) is 13.1. The highest BCUT2D eigenvalue weighted by Crippen LogP contribution is 2.31. The van der Waals surface area contributed by atoms with E-state index >= 15 is 0 Å². The molecule has 0 spiro atoms. The van der Waals surface area contributed by atoms with E-state index in [2.05, 4.69) is 29.4 Å². The number of nitrogen functional groups attached to an aromatic ring is 1. The fourth-order valence-electron chi connectivity index (χ4n) is 1.74. The normalized spacial score (nSPS) is 12.4. The van der Waals surface area contributed by atoms with Gasteiger partial charge in [-0.1, -0.05) is 6.92 Å². The van der Waals surface area contributed by atoms with Crippen LogP contribution in [0.25, 0.3) is 11.4 Å². The Hall–Kier alpha value is -2.11. The van der Waals surface area contributed by atoms with Crippen molar-refractivity contribution in [3.63, 3.8) is 0 Å². The lowest BCUT2D eigenvalue weighted by Gasteiger charge is -2.13. The van der Waals surface area contributed by atoms with Crippen molar-refractivity contribution in [2.75, 3.05) is 12.8 Å². The summed E-state index contributed by atoms with van der Waals surface area (Å²) in [4.78, 5) is 0. The Morgan fingerprint density at radius 2 is 2.22 bits per heavy atom. The van der Waals surface area contributed by atoms with Gasteiger partial charge in [-0.15, -0.1) is 5.10 Å². The Balaban J connectivity index is 2.55. The first kappa shape index (κ1) is 12.3. The number of rotatable bonds is 4. The molecular formula is C12H17N5O. The summed E-state index contributed by atoms with van der Waals surface area (Å²) in [7, 11) is 1.62. The van der Waals surface area contributed by atoms with Gasteiger partial charge in [-0.2, -0.15) is 0 Å². The van der Waals surface area contributed by atoms with Crippen LogP contribution in [0.1, 0.15) is 26.3 Å². The molecular weight excluding hydrogens is 230 g/mol. The lowest BCUT2D eigenvalue weighted by Crippen LogP contribution is -2.08. The lowest BCUT2D eigenvalue weighted by molar-refractivity contribution is 0.414. The summed E-state index contributed by atoms with van der Waals surface area (Å²) in [5, 5.41) is 11.8. The Morgan fingerprint density at radius 1 is 1.44 bits per heavy atom. The van der Waals surface area contributed by atoms with E-state index in [-0.39, 0.29) is 6.04 Å². The number of methoxy groups -OCH3 is 1. The highest BCUT2D eigenvalue weighted by atomic mass is 16.5. The van der Waals surface area contributed by atoms with Crippen LogP contribution < -0.4 is 10.5 Å². The third-order valence-electron chi connectivity index (χ3n) is 2.97. The van der Waals surface area contributed by atoms with Crippen LogP contribution in [0.15, 0.2) is 18.2 Å². The minimum atomic E-state index is 0.223. The van der Waals surface area contributed by atoms with E-state index in [1.807, 2.05) is 12.1 Å². The largest absolute Gasteiger partial charge is 0.496 e. The minimum Gasteiger partial charge on any atom is -0.496 e. The number of hydrogen-bond donors (Lipinski definition) is 1. The second kappa shape index (κ2) is 5.03. The molecule has 0 saturated heterocycles. The summed E-state index contributed by atoms with van der Waals surface area (Å²) in [5.41, 5.74) is 7.28. The van der Waals surface area contributed by atoms with Crippen LogP contribution in [0.2, 0.25) is 0 Å². The molecule has 0 aliphatic carbocycles. The van der Waals surface area contributed by atoms with Crippen LogP contribution in [-0.4, -0.2) is 27.3 Å². The standard InChI is InChI=1S/C12H17N5O/c1-4-8(2)17-12(14-15-16-17)10-7-9(13)5-6-11(10)18-3/h5-8H,4,13H2,1-3H3. The molecule has 2 rings (SSSR count). The Morgan fingerprint density at radius 3 is 2.89 bits per heavy atom. The Labute approximate surface area is 106 Å². The van der Waals surface area contributed by atoms with E-state index < -0.39 is 0 Å². The van der Waals surface area contributed by atoms with Crippen molar-refractivity contribution in [1.82, 2.24) is 20.2 Å². The van der Waals surface area contributed by atoms with Crippen LogP contribution in [0, 0.1) is 0 Å². The average Bonchev–Trinajstić information content (AvgIpc) is 2.86. The quantitative estimate of drug-likeness (QED) is 0.835. The smallest absolute Gasteiger partial charge is 0.186 e. The van der Waals surface area contributed by atoms with Gasteiger partial charge < -0.3 is 10.5 Å². The van der Waals surface area contributed by atoms with E-state index in [0.29, 0.717) is 17.3 Å². The van der Waals surface area contributed by atoms with Gasteiger partial charge in [-0.05, 0) is 42.0 Å². The first-order valence-corrected chi connectivity index (χ1v) is 5.89. The van der Waals surface area contributed by atoms with Crippen molar-refractivity contribution >= 4 is 5.69 Å². The molecule has 1 atom stereocenters. The summed E-state index contributed by atoms with van der Waals surface area (Å²) in [6, 6.07) is 5.66. The van der Waals surface area contributed by atoms with Gasteiger partial charge in [0.25, 0.3) is 0 Å². The molecule has 6 heteroatoms. The molecule has 2 aromatic rings. The van der Waals surface area contributed by atoms with E-state index in [1.165, 1.54) is 0 Å². The molecule has 18 heavy (non-hydrogen) atoms. The predicted molar refractivity (Wildman–Crippen MR) is 69.2 cm³/mol. The van der Waals surface area contributed by atoms with Gasteiger partial charge in [0.05, 0.1) is 18.7 Å². The second-order valence-electron chi connectivity index (χ2n) is 4.16. The fourth-order valence-corrected chi connectivity index (χ4v) is 1.74. The molecule has 0 fully saturated rings. The molecule has 2 N–H and O–H groups in total. The van der Waals surface area contributed by atoms with Gasteiger partial charge in [0, 0.05) is 5.69 Å². The van der Waals surface area contributed by atoms with Crippen molar-refractivity contribution < 1.29 is 4.74 Å². The maximum Gasteiger partial charge on any atom is 0.186 e. The van der Waals surface area contributed by atoms with Crippen LogP contribution >= 0.6 is 0 Å². The molecule has 0 amide bonds. The van der Waals surface area contributed by atoms with Crippen molar-refractivity contribution in [3.8, 4) is 17.1 Å². The molecule has 6 nitrogen and oxygen atoms in total. The summed E-state index contributed by atoms with van der Waals surface area (Å²) in [5.74, 6) is 1.39. The van der Waals surface area contributed by atoms with E-state index in [1.54, 1.807) is 17.9 Å². The number of tetrazole rings is 1. The summed E-state index contributed by atoms with van der Waals surface area (Å²) in [6.07, 6.45) is 0.947. The van der Waals surface area contributed by atoms with Crippen LogP contribution in [0.4, 0.5) is 5.69 Å². The molecule has 0 radical (unpaired) electrons. The third kappa shape index (κ3) is 2.13. The topological polar surface area (TPSA) is 78.9 Å². The highest BCUT2D eigenvalue weighted by Gasteiger charge is 2.17. The molecule has 1 aromatic heterocycles. The number of nitrogens with zero attached hydrogens (tertiary/aromatic N) is 4. The highest BCUT2D eigenvalue weighted by molar-refractivity contribution is 5.68. The van der Waals surface area contributed by atoms with Gasteiger partial charge in [-0.25, -0.2) is 4.68 Å². The third-order valence-corrected chi connectivity index (χ3v) is 2.97. The number of ether oxygens (including phenoxy) is 1. The predicted octanol–water partition coefficient (Wildman–Crippen LogP) is 1.90. The van der Waals surface area contributed by atoms with Crippen LogP contribution in [-0.2, 0) is 0 Å². The van der Waals surface area contributed by atoms with E-state index in [0.717, 1.165) is 12.0 Å². The van der Waals surface area contributed by atoms with Gasteiger partial charge in [-0.3, -0.25) is 0 Å². The fraction of sp³-hybridized carbons (Fsp3) is 0.417. The number of benzene rings is 1. The Bertz CT molecular complexity index is 537. The molecule has 0 saturated carbocycles. The number of aromatic nitrogens is 4. The van der Waals surface area contributed by atoms with Crippen molar-refractivity contribution in [3.05, 3.63) is 18.2 Å². The first-order valence-electron chi connectivity index (χ1n) is 5.89. The van der Waals surface area contributed by atoms with Gasteiger partial charge in [0.2, 0.25) is 0 Å². The molecule has 96 valence electrons. The zero-order valence-corrected chi connectivity index (χ0v) is 10.8. The molecule has 0 bridgehead atoms. The molecule has 1 unspecified atom stereocenters. The SMILES string of the molecule is CCC(C)n1nnnc1-c1cc(N)ccc1OC. The van der Waals surface area contributed by atoms with E-state index in [4.69, 9.17) is 10.5 Å². The summed E-state index contributed by atoms with van der Waals surface area (Å²) < 4.78 is 7.12. The number of hydrogen-bond acceptors (Lipinski definition) is 5. The van der Waals surface area contributed by atoms with Crippen molar-refractivity contribution in [1.29, 1.82) is 0 Å². The second-order valence-corrected chi connectivity index (χ2v) is 4.16. The van der Waals surface area contributed by atoms with E-state index in [9.17, 15) is 0 Å². The molecule has 0 aliphatic heterocycles. The van der Waals surface area contributed by atoms with Gasteiger partial charge in [0.1, 0.15) is 5.75 Å². The number of anilines is 1. The first-order chi connectivity index (χ1) is 8.67. The lowest BCUT2D eigenvalue weighted by atomic mass is 10.1. The maximum atomic E-state index is 5.81. The Kier molecular flexibility index (Phi) is 3.45. The summed E-state index contributed by atoms with van der Waals surface area (Å²) >= 11 is 0. The monoisotopic (exact) mass is 247 g/mol. The maximum absolute atomic E-state index is 5.81. The zero-order valence-electron chi connectivity index (χ0n) is 10.8. The average molecular weight is 247 g/mol. The van der Waals surface area contributed by atoms with Crippen LogP contribution in [0.3, 0.4) is 0 Å². The molecule has 0 aliphatic rings. The van der Waals surface area contributed by atoms with Gasteiger partial charge in [0.15, 0.2) is 5.82 Å². The van der Waals surface area contributed by atoms with Crippen molar-refractivity contribution in [2.45, 2.75) is 26.3 Å². The number of nitrogens with two attached hydrogens (primary N) is 1. The van der Waals surface area contributed by atoms with Crippen LogP contribution in [0.5, 0.6) is 5.75 Å².